The first-order valence-electron chi connectivity index (χ1n) is 11.0. The highest BCUT2D eigenvalue weighted by atomic mass is 32.1. The molecule has 0 aliphatic heterocycles. The number of nitrogens with zero attached hydrogens (tertiary/aromatic N) is 5. The number of amides is 1. The Labute approximate surface area is 210 Å². The molecule has 2 aromatic heterocycles. The lowest BCUT2D eigenvalue weighted by molar-refractivity contribution is -0.126. The van der Waals surface area contributed by atoms with Crippen molar-refractivity contribution in [3.05, 3.63) is 59.0 Å². The third-order valence-electron chi connectivity index (χ3n) is 5.35. The van der Waals surface area contributed by atoms with Gasteiger partial charge in [0.25, 0.3) is 0 Å². The van der Waals surface area contributed by atoms with E-state index in [4.69, 9.17) is 5.41 Å². The third kappa shape index (κ3) is 6.78. The molecule has 1 atom stereocenters. The zero-order valence-corrected chi connectivity index (χ0v) is 20.8. The summed E-state index contributed by atoms with van der Waals surface area (Å²) in [5.74, 6) is -0.674. The fraction of sp³-hybridized carbons (Fsp3) is 0.333. The molecule has 0 saturated carbocycles. The molecule has 0 saturated heterocycles. The van der Waals surface area contributed by atoms with Gasteiger partial charge in [-0.15, -0.1) is 16.4 Å². The number of hydrogen-bond acceptors (Lipinski definition) is 6. The Morgan fingerprint density at radius 2 is 2.00 bits per heavy atom. The summed E-state index contributed by atoms with van der Waals surface area (Å²) >= 11 is 1.47. The Morgan fingerprint density at radius 3 is 2.64 bits per heavy atom. The van der Waals surface area contributed by atoms with Crippen LogP contribution in [-0.2, 0) is 11.2 Å². The monoisotopic (exact) mass is 522 g/mol. The maximum atomic E-state index is 14.6. The zero-order valence-electron chi connectivity index (χ0n) is 20.0. The van der Waals surface area contributed by atoms with Crippen molar-refractivity contribution in [3.8, 4) is 10.6 Å². The number of thiophene rings is 1. The Morgan fingerprint density at radius 1 is 1.25 bits per heavy atom. The van der Waals surface area contributed by atoms with Crippen molar-refractivity contribution in [3.63, 3.8) is 0 Å². The van der Waals surface area contributed by atoms with Crippen molar-refractivity contribution >= 4 is 35.2 Å². The maximum absolute atomic E-state index is 14.6. The van der Waals surface area contributed by atoms with E-state index >= 15 is 0 Å². The van der Waals surface area contributed by atoms with Gasteiger partial charge in [-0.1, -0.05) is 11.3 Å². The number of nitrogens with one attached hydrogen (secondary N) is 1. The summed E-state index contributed by atoms with van der Waals surface area (Å²) in [5, 5.41) is 16.0. The normalized spacial score (nSPS) is 12.9. The van der Waals surface area contributed by atoms with E-state index in [1.165, 1.54) is 29.7 Å². The Bertz CT molecular complexity index is 1230. The maximum Gasteiger partial charge on any atom is 0.406 e. The van der Waals surface area contributed by atoms with Gasteiger partial charge >= 0.3 is 6.18 Å². The molecule has 3 rings (SSSR count). The predicted molar refractivity (Wildman–Crippen MR) is 133 cm³/mol. The van der Waals surface area contributed by atoms with E-state index in [0.717, 1.165) is 21.4 Å². The quantitative estimate of drug-likeness (QED) is 0.207. The molecule has 0 spiro atoms. The number of hydrogen-bond donors (Lipinski definition) is 1. The van der Waals surface area contributed by atoms with Crippen LogP contribution in [0.1, 0.15) is 29.8 Å². The van der Waals surface area contributed by atoms with E-state index in [0.29, 0.717) is 17.0 Å². The van der Waals surface area contributed by atoms with Gasteiger partial charge in [0, 0.05) is 48.2 Å². The van der Waals surface area contributed by atoms with E-state index in [9.17, 15) is 22.4 Å². The first-order valence-corrected chi connectivity index (χ1v) is 11.8. The summed E-state index contributed by atoms with van der Waals surface area (Å²) < 4.78 is 54.8. The predicted octanol–water partition coefficient (Wildman–Crippen LogP) is 5.42. The molecule has 3 aromatic rings. The van der Waals surface area contributed by atoms with Crippen molar-refractivity contribution in [1.29, 1.82) is 5.41 Å². The number of halogens is 4. The van der Waals surface area contributed by atoms with E-state index in [1.807, 2.05) is 44.3 Å². The SMILES string of the molecule is CC(CCc1c(F)cccc1N(C=O)CC(F)(F)F)n1cc(-c2ccc(C(C=N)=CN(C)C)s2)nn1. The Balaban J connectivity index is 1.75. The molecule has 1 amide bonds. The van der Waals surface area contributed by atoms with Crippen LogP contribution in [0.25, 0.3) is 16.1 Å². The number of aromatic nitrogens is 3. The fourth-order valence-electron chi connectivity index (χ4n) is 3.61. The fourth-order valence-corrected chi connectivity index (χ4v) is 4.54. The minimum absolute atomic E-state index is 0.0378. The van der Waals surface area contributed by atoms with Crippen LogP contribution >= 0.6 is 11.3 Å². The number of allylic oxidation sites excluding steroid dienone is 1. The van der Waals surface area contributed by atoms with E-state index in [1.54, 1.807) is 10.9 Å². The van der Waals surface area contributed by atoms with E-state index in [-0.39, 0.29) is 30.1 Å². The first-order chi connectivity index (χ1) is 17.0. The molecule has 0 radical (unpaired) electrons. The van der Waals surface area contributed by atoms with Crippen LogP contribution in [0.4, 0.5) is 23.2 Å². The molecular formula is C24H26F4N6OS. The number of rotatable bonds is 11. The molecule has 7 nitrogen and oxygen atoms in total. The topological polar surface area (TPSA) is 78.1 Å². The average molecular weight is 523 g/mol. The standard InChI is InChI=1S/C24H26F4N6OS/c1-16(7-8-18-19(25)5-4-6-21(18)33(15-35)14-24(26,27)28)34-13-20(30-31-34)23-10-9-22(36-23)17(11-29)12-32(2)3/h4-6,9-13,15-16,29H,7-8,14H2,1-3H3. The van der Waals surface area contributed by atoms with Gasteiger partial charge in [-0.3, -0.25) is 4.79 Å². The van der Waals surface area contributed by atoms with Crippen molar-refractivity contribution in [2.24, 2.45) is 0 Å². The van der Waals surface area contributed by atoms with Crippen LogP contribution in [0.5, 0.6) is 0 Å². The van der Waals surface area contributed by atoms with Crippen molar-refractivity contribution < 1.29 is 22.4 Å². The molecule has 0 fully saturated rings. The van der Waals surface area contributed by atoms with Gasteiger partial charge in [0.2, 0.25) is 6.41 Å². The minimum atomic E-state index is -4.61. The molecule has 0 bridgehead atoms. The molecule has 0 aliphatic carbocycles. The second-order valence-electron chi connectivity index (χ2n) is 8.41. The van der Waals surface area contributed by atoms with Gasteiger partial charge < -0.3 is 15.2 Å². The number of alkyl halides is 3. The number of carbonyl (C=O) groups is 1. The van der Waals surface area contributed by atoms with E-state index in [2.05, 4.69) is 10.3 Å². The highest BCUT2D eigenvalue weighted by Gasteiger charge is 2.32. The number of anilines is 1. The summed E-state index contributed by atoms with van der Waals surface area (Å²) in [6, 6.07) is 7.31. The van der Waals surface area contributed by atoms with Crippen LogP contribution in [0.15, 0.2) is 42.7 Å². The second kappa shape index (κ2) is 11.5. The smallest absolute Gasteiger partial charge is 0.383 e. The number of benzene rings is 1. The summed E-state index contributed by atoms with van der Waals surface area (Å²) in [6.45, 7) is 0.347. The van der Waals surface area contributed by atoms with Gasteiger partial charge in [0.15, 0.2) is 0 Å². The summed E-state index contributed by atoms with van der Waals surface area (Å²) in [5.41, 5.74) is 1.33. The van der Waals surface area contributed by atoms with Crippen molar-refractivity contribution in [2.75, 3.05) is 25.5 Å². The lowest BCUT2D eigenvalue weighted by Crippen LogP contribution is -2.34. The Kier molecular flexibility index (Phi) is 8.62. The van der Waals surface area contributed by atoms with Gasteiger partial charge in [-0.25, -0.2) is 9.07 Å². The molecule has 0 aliphatic rings. The van der Waals surface area contributed by atoms with Gasteiger partial charge in [0.1, 0.15) is 18.1 Å². The molecule has 192 valence electrons. The average Bonchev–Trinajstić information content (AvgIpc) is 3.49. The molecule has 36 heavy (non-hydrogen) atoms. The zero-order chi connectivity index (χ0) is 26.5. The highest BCUT2D eigenvalue weighted by molar-refractivity contribution is 7.16. The van der Waals surface area contributed by atoms with Crippen LogP contribution in [0.3, 0.4) is 0 Å². The second-order valence-corrected chi connectivity index (χ2v) is 9.50. The van der Waals surface area contributed by atoms with Gasteiger partial charge in [-0.05, 0) is 44.0 Å². The largest absolute Gasteiger partial charge is 0.406 e. The lowest BCUT2D eigenvalue weighted by atomic mass is 10.0. The van der Waals surface area contributed by atoms with Crippen molar-refractivity contribution in [2.45, 2.75) is 32.0 Å². The highest BCUT2D eigenvalue weighted by Crippen LogP contribution is 2.32. The Hall–Kier alpha value is -3.54. The first kappa shape index (κ1) is 27.1. The van der Waals surface area contributed by atoms with Crippen LogP contribution in [0.2, 0.25) is 0 Å². The molecule has 2 heterocycles. The van der Waals surface area contributed by atoms with Crippen LogP contribution < -0.4 is 4.90 Å². The molecule has 1 aromatic carbocycles. The number of carbonyl (C=O) groups excluding carboxylic acids is 1. The van der Waals surface area contributed by atoms with Crippen LogP contribution in [0, 0.1) is 11.2 Å². The minimum Gasteiger partial charge on any atom is -0.383 e. The summed E-state index contributed by atoms with van der Waals surface area (Å²) in [6.07, 6.45) is 0.787. The van der Waals surface area contributed by atoms with Crippen molar-refractivity contribution in [1.82, 2.24) is 19.9 Å². The van der Waals surface area contributed by atoms with Gasteiger partial charge in [-0.2, -0.15) is 13.2 Å². The van der Waals surface area contributed by atoms with Gasteiger partial charge in [0.05, 0.1) is 17.1 Å². The molecule has 12 heteroatoms. The lowest BCUT2D eigenvalue weighted by Gasteiger charge is -2.23. The molecule has 1 unspecified atom stereocenters. The third-order valence-corrected chi connectivity index (χ3v) is 6.51. The summed E-state index contributed by atoms with van der Waals surface area (Å²) in [4.78, 5) is 15.4. The van der Waals surface area contributed by atoms with Crippen LogP contribution in [-0.4, -0.2) is 59.3 Å². The molecular weight excluding hydrogens is 496 g/mol. The molecule has 1 N–H and O–H groups in total. The van der Waals surface area contributed by atoms with E-state index < -0.39 is 18.5 Å². The summed E-state index contributed by atoms with van der Waals surface area (Å²) in [7, 11) is 3.75.